The van der Waals surface area contributed by atoms with Crippen molar-refractivity contribution in [1.82, 2.24) is 0 Å². The second-order valence-electron chi connectivity index (χ2n) is 7.88. The minimum absolute atomic E-state index is 0.158. The van der Waals surface area contributed by atoms with Gasteiger partial charge in [0.25, 0.3) is 0 Å². The van der Waals surface area contributed by atoms with Crippen LogP contribution in [0.5, 0.6) is 0 Å². The van der Waals surface area contributed by atoms with E-state index in [1.54, 1.807) is 0 Å². The van der Waals surface area contributed by atoms with Crippen molar-refractivity contribution in [2.45, 2.75) is 84.8 Å². The zero-order valence-corrected chi connectivity index (χ0v) is 20.4. The third-order valence-electron chi connectivity index (χ3n) is 3.44. The topological polar surface area (TPSA) is 54.0 Å². The molecular formula is C27H38O5. The Morgan fingerprint density at radius 3 is 1.59 bits per heavy atom. The van der Waals surface area contributed by atoms with Crippen LogP contribution in [0.25, 0.3) is 0 Å². The van der Waals surface area contributed by atoms with E-state index in [1.165, 1.54) is 0 Å². The highest BCUT2D eigenvalue weighted by Gasteiger charge is 2.18. The lowest BCUT2D eigenvalue weighted by molar-refractivity contribution is -0.165. The zero-order valence-electron chi connectivity index (χ0n) is 20.4. The summed E-state index contributed by atoms with van der Waals surface area (Å²) in [5, 5.41) is 0. The van der Waals surface area contributed by atoms with Crippen molar-refractivity contribution in [2.75, 3.05) is 33.0 Å². The molecule has 0 saturated heterocycles. The molecule has 0 aromatic rings. The number of esters is 1. The van der Waals surface area contributed by atoms with Gasteiger partial charge in [-0.15, -0.1) is 0 Å². The molecule has 5 heteroatoms. The maximum atomic E-state index is 11.9. The summed E-state index contributed by atoms with van der Waals surface area (Å²) in [6, 6.07) is 0. The van der Waals surface area contributed by atoms with E-state index in [4.69, 9.17) is 18.9 Å². The number of hydrogen-bond donors (Lipinski definition) is 0. The van der Waals surface area contributed by atoms with Gasteiger partial charge in [-0.3, -0.25) is 0 Å². The normalized spacial score (nSPS) is 9.94. The quantitative estimate of drug-likeness (QED) is 0.244. The van der Waals surface area contributed by atoms with E-state index in [-0.39, 0.29) is 6.61 Å². The Kier molecular flexibility index (Phi) is 18.9. The van der Waals surface area contributed by atoms with E-state index in [0.717, 1.165) is 25.7 Å². The molecule has 0 bridgehead atoms. The second kappa shape index (κ2) is 20.5. The highest BCUT2D eigenvalue weighted by Crippen LogP contribution is 2.07. The highest BCUT2D eigenvalue weighted by atomic mass is 16.6. The van der Waals surface area contributed by atoms with Gasteiger partial charge in [-0.2, -0.15) is 0 Å². The van der Waals surface area contributed by atoms with Crippen LogP contribution in [-0.4, -0.2) is 50.7 Å². The van der Waals surface area contributed by atoms with Crippen molar-refractivity contribution in [3.8, 4) is 47.4 Å². The van der Waals surface area contributed by atoms with Crippen LogP contribution in [0.15, 0.2) is 0 Å². The Morgan fingerprint density at radius 2 is 1.19 bits per heavy atom. The fourth-order valence-corrected chi connectivity index (χ4v) is 2.05. The summed E-state index contributed by atoms with van der Waals surface area (Å²) in [7, 11) is 0. The van der Waals surface area contributed by atoms with Crippen LogP contribution in [0.1, 0.15) is 73.1 Å². The van der Waals surface area contributed by atoms with Crippen LogP contribution in [0.2, 0.25) is 0 Å². The third kappa shape index (κ3) is 22.3. The predicted molar refractivity (Wildman–Crippen MR) is 127 cm³/mol. The first-order chi connectivity index (χ1) is 15.4. The molecule has 0 atom stereocenters. The first-order valence-corrected chi connectivity index (χ1v) is 11.3. The molecule has 0 aromatic carbocycles. The fourth-order valence-electron chi connectivity index (χ4n) is 2.05. The van der Waals surface area contributed by atoms with E-state index in [9.17, 15) is 4.79 Å². The summed E-state index contributed by atoms with van der Waals surface area (Å²) < 4.78 is 22.2. The molecule has 0 aliphatic heterocycles. The highest BCUT2D eigenvalue weighted by molar-refractivity contribution is 5.71. The molecule has 0 unspecified atom stereocenters. The third-order valence-corrected chi connectivity index (χ3v) is 3.44. The molecule has 0 saturated carbocycles. The number of carbonyl (C=O) groups is 1. The smallest absolute Gasteiger partial charge is 0.332 e. The first kappa shape index (κ1) is 29.6. The van der Waals surface area contributed by atoms with Crippen LogP contribution in [0, 0.1) is 47.4 Å². The average molecular weight is 443 g/mol. The number of carbonyl (C=O) groups excluding carboxylic acids is 1. The van der Waals surface area contributed by atoms with Crippen molar-refractivity contribution >= 4 is 5.97 Å². The second-order valence-corrected chi connectivity index (χ2v) is 7.88. The van der Waals surface area contributed by atoms with Crippen LogP contribution >= 0.6 is 0 Å². The number of unbranched alkanes of at least 4 members (excludes halogenated alkanes) is 2. The predicted octanol–water partition coefficient (Wildman–Crippen LogP) is 4.14. The van der Waals surface area contributed by atoms with E-state index in [2.05, 4.69) is 61.2 Å². The summed E-state index contributed by atoms with van der Waals surface area (Å²) >= 11 is 0. The lowest BCUT2D eigenvalue weighted by Crippen LogP contribution is -2.32. The van der Waals surface area contributed by atoms with Gasteiger partial charge in [-0.1, -0.05) is 37.5 Å². The van der Waals surface area contributed by atoms with Crippen molar-refractivity contribution < 1.29 is 23.7 Å². The van der Waals surface area contributed by atoms with E-state index >= 15 is 0 Å². The maximum Gasteiger partial charge on any atom is 0.332 e. The molecule has 0 rings (SSSR count). The van der Waals surface area contributed by atoms with Gasteiger partial charge < -0.3 is 18.9 Å². The molecule has 5 nitrogen and oxygen atoms in total. The maximum absolute atomic E-state index is 11.9. The Bertz CT molecular complexity index is 697. The van der Waals surface area contributed by atoms with Crippen molar-refractivity contribution in [2.24, 2.45) is 0 Å². The molecule has 0 radical (unpaired) electrons. The largest absolute Gasteiger partial charge is 0.458 e. The number of ether oxygens (including phenoxy) is 4. The summed E-state index contributed by atoms with van der Waals surface area (Å²) in [6.45, 7) is 10.9. The molecule has 32 heavy (non-hydrogen) atoms. The van der Waals surface area contributed by atoms with Crippen LogP contribution in [0.3, 0.4) is 0 Å². The molecule has 0 N–H and O–H groups in total. The van der Waals surface area contributed by atoms with E-state index in [1.807, 2.05) is 20.8 Å². The molecule has 0 aliphatic carbocycles. The van der Waals surface area contributed by atoms with Crippen LogP contribution in [0.4, 0.5) is 0 Å². The van der Waals surface area contributed by atoms with Gasteiger partial charge in [-0.05, 0) is 57.3 Å². The van der Waals surface area contributed by atoms with E-state index < -0.39 is 17.7 Å². The standard InChI is InChI=1S/C27H38O5/c1-6-8-10-12-14-16-18-20-29-22-25(31-24-26(28)32-27(3,4)5)23-30-21-19-17-15-13-11-9-7-2/h25H,6-9,18-24H2,1-5H3. The monoisotopic (exact) mass is 442 g/mol. The average Bonchev–Trinajstić information content (AvgIpc) is 2.73. The minimum atomic E-state index is -0.555. The van der Waals surface area contributed by atoms with Gasteiger partial charge in [-0.25, -0.2) is 4.79 Å². The molecule has 0 amide bonds. The number of hydrogen-bond acceptors (Lipinski definition) is 5. The lowest BCUT2D eigenvalue weighted by atomic mass is 10.2. The summed E-state index contributed by atoms with van der Waals surface area (Å²) in [5.41, 5.74) is -0.555. The molecule has 0 fully saturated rings. The molecule has 0 heterocycles. The molecule has 0 aliphatic rings. The summed E-state index contributed by atoms with van der Waals surface area (Å²) in [4.78, 5) is 11.9. The first-order valence-electron chi connectivity index (χ1n) is 11.3. The summed E-state index contributed by atoms with van der Waals surface area (Å²) in [6.07, 6.45) is 4.55. The van der Waals surface area contributed by atoms with Crippen LogP contribution < -0.4 is 0 Å². The van der Waals surface area contributed by atoms with Gasteiger partial charge >= 0.3 is 5.97 Å². The molecule has 176 valence electrons. The van der Waals surface area contributed by atoms with Gasteiger partial charge in [0.05, 0.1) is 26.4 Å². The fraction of sp³-hybridized carbons (Fsp3) is 0.667. The van der Waals surface area contributed by atoms with Gasteiger partial charge in [0.2, 0.25) is 0 Å². The zero-order chi connectivity index (χ0) is 23.9. The summed E-state index contributed by atoms with van der Waals surface area (Å²) in [5.74, 6) is 22.7. The van der Waals surface area contributed by atoms with E-state index in [0.29, 0.717) is 39.3 Å². The minimum Gasteiger partial charge on any atom is -0.458 e. The van der Waals surface area contributed by atoms with Crippen molar-refractivity contribution in [3.63, 3.8) is 0 Å². The molecular weight excluding hydrogens is 404 g/mol. The van der Waals surface area contributed by atoms with Crippen molar-refractivity contribution in [1.29, 1.82) is 0 Å². The Balaban J connectivity index is 4.37. The molecule has 0 aromatic heterocycles. The van der Waals surface area contributed by atoms with Gasteiger partial charge in [0, 0.05) is 25.7 Å². The van der Waals surface area contributed by atoms with Crippen molar-refractivity contribution in [3.05, 3.63) is 0 Å². The van der Waals surface area contributed by atoms with Crippen LogP contribution in [-0.2, 0) is 23.7 Å². The number of rotatable bonds is 13. The SMILES string of the molecule is CCCC#CC#CCCOCC(COCCC#CC#CCCC)OCC(=O)OC(C)(C)C. The molecule has 0 spiro atoms. The lowest BCUT2D eigenvalue weighted by Gasteiger charge is -2.21. The Morgan fingerprint density at radius 1 is 0.750 bits per heavy atom. The Labute approximate surface area is 195 Å². The van der Waals surface area contributed by atoms with Gasteiger partial charge in [0.15, 0.2) is 0 Å². The Hall–Kier alpha value is -2.41. The van der Waals surface area contributed by atoms with Gasteiger partial charge in [0.1, 0.15) is 18.3 Å².